The zero-order chi connectivity index (χ0) is 16.6. The molecule has 0 bridgehead atoms. The number of hydrogen-bond donors (Lipinski definition) is 0. The van der Waals surface area contributed by atoms with Gasteiger partial charge in [0.05, 0.1) is 12.2 Å². The molecule has 0 unspecified atom stereocenters. The van der Waals surface area contributed by atoms with E-state index in [1.165, 1.54) is 0 Å². The number of hydrazone groups is 1. The third-order valence-corrected chi connectivity index (χ3v) is 3.00. The summed E-state index contributed by atoms with van der Waals surface area (Å²) in [5, 5.41) is 5.81. The second-order valence-corrected chi connectivity index (χ2v) is 4.83. The van der Waals surface area contributed by atoms with Crippen LogP contribution in [0.2, 0.25) is 0 Å². The predicted octanol–water partition coefficient (Wildman–Crippen LogP) is 2.64. The number of nitrogens with zero attached hydrogens (tertiary/aromatic N) is 6. The minimum absolute atomic E-state index is 0. The van der Waals surface area contributed by atoms with E-state index in [-0.39, 0.29) is 20.1 Å². The van der Waals surface area contributed by atoms with E-state index in [0.717, 1.165) is 17.1 Å². The van der Waals surface area contributed by atoms with Gasteiger partial charge in [0.15, 0.2) is 0 Å². The Morgan fingerprint density at radius 3 is 2.44 bits per heavy atom. The summed E-state index contributed by atoms with van der Waals surface area (Å²) in [4.78, 5) is 14.0. The van der Waals surface area contributed by atoms with Crippen LogP contribution in [0.15, 0.2) is 66.3 Å². The van der Waals surface area contributed by atoms with Crippen LogP contribution in [0.5, 0.6) is 0 Å². The van der Waals surface area contributed by atoms with Gasteiger partial charge in [-0.2, -0.15) is 17.2 Å². The fourth-order valence-electron chi connectivity index (χ4n) is 1.91. The van der Waals surface area contributed by atoms with Crippen molar-refractivity contribution in [2.24, 2.45) is 5.10 Å². The van der Waals surface area contributed by atoms with Crippen molar-refractivity contribution in [2.45, 2.75) is 0 Å². The van der Waals surface area contributed by atoms with Crippen molar-refractivity contribution >= 4 is 12.0 Å². The maximum atomic E-state index is 4.11. The average Bonchev–Trinajstić information content (AvgIpc) is 3.11. The first-order chi connectivity index (χ1) is 11.8. The van der Waals surface area contributed by atoms with Gasteiger partial charge in [0, 0.05) is 12.4 Å². The van der Waals surface area contributed by atoms with Crippen LogP contribution in [0.3, 0.4) is 0 Å². The van der Waals surface area contributed by atoms with Gasteiger partial charge in [0.25, 0.3) is 0 Å². The van der Waals surface area contributed by atoms with Gasteiger partial charge in [0.2, 0.25) is 0 Å². The summed E-state index contributed by atoms with van der Waals surface area (Å²) in [5.41, 5.74) is 1.77. The van der Waals surface area contributed by atoms with Crippen LogP contribution in [0.25, 0.3) is 11.4 Å². The average molecular weight is 508 g/mol. The molecule has 4 rings (SSSR count). The molecular weight excluding hydrogens is 492 g/mol. The van der Waals surface area contributed by atoms with Crippen molar-refractivity contribution in [2.75, 3.05) is 12.1 Å². The quantitative estimate of drug-likeness (QED) is 0.500. The molecular formula is C18H15IrN6. The summed E-state index contributed by atoms with van der Waals surface area (Å²) in [6.45, 7) is 1.85. The van der Waals surface area contributed by atoms with Crippen LogP contribution < -0.4 is 5.01 Å². The van der Waals surface area contributed by atoms with E-state index in [0.29, 0.717) is 0 Å². The largest absolute Gasteiger partial charge is 3.00 e. The zero-order valence-electron chi connectivity index (χ0n) is 13.4. The molecule has 0 aliphatic carbocycles. The smallest absolute Gasteiger partial charge is 0.493 e. The molecule has 1 aliphatic heterocycles. The van der Waals surface area contributed by atoms with E-state index in [2.05, 4.69) is 32.2 Å². The molecule has 7 heteroatoms. The summed E-state index contributed by atoms with van der Waals surface area (Å²) in [5.74, 6) is 0.720. The second-order valence-electron chi connectivity index (χ2n) is 4.83. The first-order valence-corrected chi connectivity index (χ1v) is 7.29. The summed E-state index contributed by atoms with van der Waals surface area (Å²) >= 11 is 0. The number of benzene rings is 1. The Morgan fingerprint density at radius 2 is 1.84 bits per heavy atom. The normalized spacial score (nSPS) is 12.2. The molecule has 0 radical (unpaired) electrons. The Bertz CT molecular complexity index is 730. The molecule has 6 nitrogen and oxygen atoms in total. The van der Waals surface area contributed by atoms with Gasteiger partial charge >= 0.3 is 20.1 Å². The van der Waals surface area contributed by atoms with Crippen LogP contribution in [-0.2, 0) is 20.1 Å². The van der Waals surface area contributed by atoms with Gasteiger partial charge in [-0.05, 0) is 13.1 Å². The van der Waals surface area contributed by atoms with Gasteiger partial charge in [-0.3, -0.25) is 9.97 Å². The number of pyridine rings is 1. The second kappa shape index (κ2) is 9.61. The minimum Gasteiger partial charge on any atom is -0.493 e. The molecule has 0 atom stereocenters. The Balaban J connectivity index is 0.000000173. The van der Waals surface area contributed by atoms with Crippen LogP contribution in [0, 0.1) is 18.8 Å². The zero-order valence-corrected chi connectivity index (χ0v) is 15.8. The summed E-state index contributed by atoms with van der Waals surface area (Å²) in [7, 11) is 1.92. The van der Waals surface area contributed by atoms with E-state index in [4.69, 9.17) is 0 Å². The van der Waals surface area contributed by atoms with Gasteiger partial charge in [0.1, 0.15) is 0 Å². The Morgan fingerprint density at radius 1 is 1.00 bits per heavy atom. The molecule has 1 aliphatic rings. The Labute approximate surface area is 160 Å². The molecule has 126 valence electrons. The fraction of sp³-hybridized carbons (Fsp3) is 0.0556. The molecule has 3 heterocycles. The fourth-order valence-corrected chi connectivity index (χ4v) is 1.91. The van der Waals surface area contributed by atoms with Gasteiger partial charge < -0.3 is 14.9 Å². The number of aromatic nitrogens is 3. The predicted molar refractivity (Wildman–Crippen MR) is 92.4 cm³/mol. The number of rotatable bonds is 2. The van der Waals surface area contributed by atoms with E-state index in [9.17, 15) is 0 Å². The number of hydrogen-bond acceptors (Lipinski definition) is 6. The van der Waals surface area contributed by atoms with E-state index in [1.54, 1.807) is 48.3 Å². The maximum Gasteiger partial charge on any atom is 3.00 e. The molecule has 25 heavy (non-hydrogen) atoms. The summed E-state index contributed by atoms with van der Waals surface area (Å²) < 4.78 is 0. The molecule has 0 fully saturated rings. The third-order valence-electron chi connectivity index (χ3n) is 3.00. The molecule has 0 amide bonds. The standard InChI is InChI=1S/C10H7N2.C8H8N4.Ir/c1-2-5-9(6-3-1)10-11-7-4-8-12-10;1-11-6-10-12(7-11)8-3-2-4-9-5-8;/h1-5,7-8H;2,4-7H,1H3;/q-1;-2;+3. The van der Waals surface area contributed by atoms with Crippen molar-refractivity contribution in [3.8, 4) is 11.4 Å². The third kappa shape index (κ3) is 5.45. The first kappa shape index (κ1) is 18.7. The van der Waals surface area contributed by atoms with Crippen molar-refractivity contribution in [3.05, 3.63) is 80.0 Å². The first-order valence-electron chi connectivity index (χ1n) is 7.29. The molecule has 2 aromatic heterocycles. The van der Waals surface area contributed by atoms with Crippen LogP contribution >= 0.6 is 0 Å². The van der Waals surface area contributed by atoms with E-state index < -0.39 is 0 Å². The van der Waals surface area contributed by atoms with Crippen LogP contribution in [-0.4, -0.2) is 33.2 Å². The summed E-state index contributed by atoms with van der Waals surface area (Å²) in [6, 6.07) is 17.3. The molecule has 0 spiro atoms. The van der Waals surface area contributed by atoms with Gasteiger partial charge in [-0.1, -0.05) is 18.1 Å². The van der Waals surface area contributed by atoms with Crippen molar-refractivity contribution in [1.82, 2.24) is 19.9 Å². The Hall–Kier alpha value is -2.63. The monoisotopic (exact) mass is 508 g/mol. The minimum atomic E-state index is 0. The molecule has 0 N–H and O–H groups in total. The summed E-state index contributed by atoms with van der Waals surface area (Å²) in [6.07, 6.45) is 8.58. The van der Waals surface area contributed by atoms with E-state index >= 15 is 0 Å². The van der Waals surface area contributed by atoms with Gasteiger partial charge in [-0.15, -0.1) is 42.6 Å². The van der Waals surface area contributed by atoms with Crippen molar-refractivity contribution in [3.63, 3.8) is 0 Å². The van der Waals surface area contributed by atoms with Crippen molar-refractivity contribution in [1.29, 1.82) is 0 Å². The molecule has 0 saturated carbocycles. The Kier molecular flexibility index (Phi) is 7.19. The van der Waals surface area contributed by atoms with E-state index in [1.807, 2.05) is 42.9 Å². The maximum absolute atomic E-state index is 4.11. The molecule has 0 saturated heterocycles. The van der Waals surface area contributed by atoms with Gasteiger partial charge in [-0.25, -0.2) is 0 Å². The van der Waals surface area contributed by atoms with Crippen LogP contribution in [0.1, 0.15) is 0 Å². The van der Waals surface area contributed by atoms with Crippen molar-refractivity contribution < 1.29 is 20.1 Å². The number of anilines is 1. The topological polar surface area (TPSA) is 57.5 Å². The van der Waals surface area contributed by atoms with Crippen LogP contribution in [0.4, 0.5) is 5.69 Å². The molecule has 1 aromatic carbocycles. The molecule has 3 aromatic rings. The SMILES string of the molecule is CN1C=NN(c2[c-]ccnc2)[CH-]1.[Ir+3].[c-]1ccccc1-c1ncccn1.